The van der Waals surface area contributed by atoms with Gasteiger partial charge in [-0.15, -0.1) is 0 Å². The van der Waals surface area contributed by atoms with E-state index in [2.05, 4.69) is 4.98 Å². The van der Waals surface area contributed by atoms with Crippen molar-refractivity contribution in [3.8, 4) is 0 Å². The van der Waals surface area contributed by atoms with Gasteiger partial charge in [-0.3, -0.25) is 0 Å². The molecule has 1 aromatic heterocycles. The third kappa shape index (κ3) is 2.64. The molecule has 0 aromatic carbocycles. The molecule has 3 nitrogen and oxygen atoms in total. The van der Waals surface area contributed by atoms with Gasteiger partial charge >= 0.3 is 0 Å². The lowest BCUT2D eigenvalue weighted by Gasteiger charge is -1.80. The molecule has 10 heavy (non-hydrogen) atoms. The van der Waals surface area contributed by atoms with Gasteiger partial charge in [0.1, 0.15) is 12.4 Å². The molecule has 1 aromatic rings. The summed E-state index contributed by atoms with van der Waals surface area (Å²) < 4.78 is 4.87. The van der Waals surface area contributed by atoms with Gasteiger partial charge in [-0.1, -0.05) is 13.8 Å². The van der Waals surface area contributed by atoms with E-state index in [1.807, 2.05) is 13.8 Å². The molecule has 1 N–H and O–H groups in total. The Bertz CT molecular complexity index is 172. The number of hydrogen-bond acceptors (Lipinski definition) is 3. The minimum Gasteiger partial charge on any atom is -0.444 e. The standard InChI is InChI=1S/C5H7NO2.C2H6/c1-4-2-6-5(3-7)8-4;1-2/h2,7H,3H2,1H3;1-2H3. The second-order valence-corrected chi connectivity index (χ2v) is 1.52. The second kappa shape index (κ2) is 4.99. The van der Waals surface area contributed by atoms with Crippen LogP contribution in [0.15, 0.2) is 10.6 Å². The van der Waals surface area contributed by atoms with E-state index in [0.717, 1.165) is 5.76 Å². The Balaban J connectivity index is 0.000000371. The van der Waals surface area contributed by atoms with Crippen molar-refractivity contribution in [2.24, 2.45) is 0 Å². The summed E-state index contributed by atoms with van der Waals surface area (Å²) in [5.41, 5.74) is 0. The highest BCUT2D eigenvalue weighted by atomic mass is 16.4. The number of rotatable bonds is 1. The first-order chi connectivity index (χ1) is 4.83. The largest absolute Gasteiger partial charge is 0.444 e. The van der Waals surface area contributed by atoms with Crippen LogP contribution in [0, 0.1) is 6.92 Å². The van der Waals surface area contributed by atoms with Crippen molar-refractivity contribution >= 4 is 0 Å². The van der Waals surface area contributed by atoms with E-state index in [-0.39, 0.29) is 6.61 Å². The number of oxazole rings is 1. The molecule has 0 fully saturated rings. The number of nitrogens with zero attached hydrogens (tertiary/aromatic N) is 1. The third-order valence-corrected chi connectivity index (χ3v) is 0.804. The van der Waals surface area contributed by atoms with Crippen LogP contribution in [0.1, 0.15) is 25.5 Å². The second-order valence-electron chi connectivity index (χ2n) is 1.52. The van der Waals surface area contributed by atoms with Crippen LogP contribution in [0.25, 0.3) is 0 Å². The van der Waals surface area contributed by atoms with E-state index < -0.39 is 0 Å². The highest BCUT2D eigenvalue weighted by Crippen LogP contribution is 1.99. The molecule has 0 unspecified atom stereocenters. The molecule has 3 heteroatoms. The summed E-state index contributed by atoms with van der Waals surface area (Å²) >= 11 is 0. The predicted octanol–water partition coefficient (Wildman–Crippen LogP) is 1.50. The van der Waals surface area contributed by atoms with Crippen LogP contribution < -0.4 is 0 Å². The first-order valence-electron chi connectivity index (χ1n) is 3.35. The number of aryl methyl sites for hydroxylation is 1. The Labute approximate surface area is 60.7 Å². The molecule has 0 aliphatic rings. The fourth-order valence-corrected chi connectivity index (χ4v) is 0.475. The number of aliphatic hydroxyl groups is 1. The lowest BCUT2D eigenvalue weighted by atomic mass is 10.6. The molecule has 0 aliphatic heterocycles. The molecular formula is C7H13NO2. The van der Waals surface area contributed by atoms with E-state index >= 15 is 0 Å². The molecule has 1 rings (SSSR count). The van der Waals surface area contributed by atoms with Crippen LogP contribution in [-0.2, 0) is 6.61 Å². The van der Waals surface area contributed by atoms with E-state index in [4.69, 9.17) is 9.52 Å². The molecule has 1 heterocycles. The summed E-state index contributed by atoms with van der Waals surface area (Å²) in [6.45, 7) is 5.67. The Morgan fingerprint density at radius 1 is 1.60 bits per heavy atom. The van der Waals surface area contributed by atoms with Crippen molar-refractivity contribution in [2.75, 3.05) is 0 Å². The van der Waals surface area contributed by atoms with Crippen molar-refractivity contribution in [3.05, 3.63) is 17.8 Å². The summed E-state index contributed by atoms with van der Waals surface area (Å²) in [7, 11) is 0. The molecule has 0 spiro atoms. The molecule has 0 atom stereocenters. The van der Waals surface area contributed by atoms with Gasteiger partial charge in [-0.05, 0) is 6.92 Å². The lowest BCUT2D eigenvalue weighted by Crippen LogP contribution is -1.78. The first kappa shape index (κ1) is 9.17. The van der Waals surface area contributed by atoms with Crippen LogP contribution in [0.4, 0.5) is 0 Å². The Hall–Kier alpha value is -0.830. The zero-order valence-electron chi connectivity index (χ0n) is 6.59. The molecule has 0 amide bonds. The van der Waals surface area contributed by atoms with Gasteiger partial charge in [0.15, 0.2) is 0 Å². The number of aromatic nitrogens is 1. The van der Waals surface area contributed by atoms with Gasteiger partial charge in [0.05, 0.1) is 6.20 Å². The smallest absolute Gasteiger partial charge is 0.220 e. The highest BCUT2D eigenvalue weighted by molar-refractivity contribution is 4.88. The maximum Gasteiger partial charge on any atom is 0.220 e. The van der Waals surface area contributed by atoms with Crippen molar-refractivity contribution in [1.29, 1.82) is 0 Å². The van der Waals surface area contributed by atoms with Crippen molar-refractivity contribution in [2.45, 2.75) is 27.4 Å². The van der Waals surface area contributed by atoms with Gasteiger partial charge in [0.25, 0.3) is 0 Å². The maximum absolute atomic E-state index is 8.39. The summed E-state index contributed by atoms with van der Waals surface area (Å²) in [4.78, 5) is 3.72. The van der Waals surface area contributed by atoms with E-state index in [1.54, 1.807) is 13.1 Å². The SMILES string of the molecule is CC.Cc1cnc(CO)o1. The average molecular weight is 143 g/mol. The van der Waals surface area contributed by atoms with Gasteiger partial charge in [-0.2, -0.15) is 0 Å². The van der Waals surface area contributed by atoms with Gasteiger partial charge in [-0.25, -0.2) is 4.98 Å². The third-order valence-electron chi connectivity index (χ3n) is 0.804. The minimum absolute atomic E-state index is 0.117. The normalized spacial score (nSPS) is 8.40. The van der Waals surface area contributed by atoms with Crippen molar-refractivity contribution < 1.29 is 9.52 Å². The zero-order valence-corrected chi connectivity index (χ0v) is 6.59. The summed E-state index contributed by atoms with van der Waals surface area (Å²) in [6, 6.07) is 0. The highest BCUT2D eigenvalue weighted by Gasteiger charge is 1.94. The molecule has 0 bridgehead atoms. The number of aliphatic hydroxyl groups excluding tert-OH is 1. The molecule has 0 saturated heterocycles. The average Bonchev–Trinajstić information content (AvgIpc) is 2.40. The van der Waals surface area contributed by atoms with Crippen LogP contribution in [0.3, 0.4) is 0 Å². The summed E-state index contributed by atoms with van der Waals surface area (Å²) in [5, 5.41) is 8.39. The predicted molar refractivity (Wildman–Crippen MR) is 38.5 cm³/mol. The fraction of sp³-hybridized carbons (Fsp3) is 0.571. The molecule has 0 aliphatic carbocycles. The Morgan fingerprint density at radius 3 is 2.40 bits per heavy atom. The monoisotopic (exact) mass is 143 g/mol. The fourth-order valence-electron chi connectivity index (χ4n) is 0.475. The maximum atomic E-state index is 8.39. The van der Waals surface area contributed by atoms with Gasteiger partial charge in [0.2, 0.25) is 5.89 Å². The van der Waals surface area contributed by atoms with E-state index in [9.17, 15) is 0 Å². The van der Waals surface area contributed by atoms with Crippen LogP contribution in [0.5, 0.6) is 0 Å². The van der Waals surface area contributed by atoms with E-state index in [1.165, 1.54) is 0 Å². The zero-order chi connectivity index (χ0) is 7.98. The first-order valence-corrected chi connectivity index (χ1v) is 3.35. The Kier molecular flexibility index (Phi) is 4.58. The lowest BCUT2D eigenvalue weighted by molar-refractivity contribution is 0.238. The molecule has 58 valence electrons. The van der Waals surface area contributed by atoms with Crippen LogP contribution >= 0.6 is 0 Å². The van der Waals surface area contributed by atoms with E-state index in [0.29, 0.717) is 5.89 Å². The topological polar surface area (TPSA) is 46.3 Å². The van der Waals surface area contributed by atoms with Crippen LogP contribution in [0.2, 0.25) is 0 Å². The Morgan fingerprint density at radius 2 is 2.20 bits per heavy atom. The quantitative estimate of drug-likeness (QED) is 0.648. The summed E-state index contributed by atoms with van der Waals surface area (Å²) in [5.74, 6) is 1.11. The number of hydrogen-bond donors (Lipinski definition) is 1. The van der Waals surface area contributed by atoms with Crippen LogP contribution in [-0.4, -0.2) is 10.1 Å². The van der Waals surface area contributed by atoms with Crippen molar-refractivity contribution in [1.82, 2.24) is 4.98 Å². The van der Waals surface area contributed by atoms with Crippen molar-refractivity contribution in [3.63, 3.8) is 0 Å². The minimum atomic E-state index is -0.117. The van der Waals surface area contributed by atoms with Gasteiger partial charge < -0.3 is 9.52 Å². The summed E-state index contributed by atoms with van der Waals surface area (Å²) in [6.07, 6.45) is 1.57. The molecule has 0 radical (unpaired) electrons. The molecule has 0 saturated carbocycles. The van der Waals surface area contributed by atoms with Gasteiger partial charge in [0, 0.05) is 0 Å². The molecular weight excluding hydrogens is 130 g/mol.